The van der Waals surface area contributed by atoms with Crippen molar-refractivity contribution in [3.63, 3.8) is 0 Å². The first-order chi connectivity index (χ1) is 15.7. The Hall–Kier alpha value is -2.87. The van der Waals surface area contributed by atoms with Crippen molar-refractivity contribution in [1.82, 2.24) is 25.1 Å². The zero-order chi connectivity index (χ0) is 23.5. The first kappa shape index (κ1) is 21.9. The van der Waals surface area contributed by atoms with Crippen LogP contribution in [0, 0.1) is 26.7 Å². The molecule has 3 atom stereocenters. The van der Waals surface area contributed by atoms with Gasteiger partial charge in [0.1, 0.15) is 10.8 Å². The van der Waals surface area contributed by atoms with Gasteiger partial charge < -0.3 is 10.1 Å². The second kappa shape index (κ2) is 7.58. The second-order valence-electron chi connectivity index (χ2n) is 9.47. The summed E-state index contributed by atoms with van der Waals surface area (Å²) < 4.78 is 7.93. The standard InChI is InChI=1S/C24H28ClN5O3/c1-5-24(33-17-9-8-13(2)11-14(17)3)22(32)27-23(24)10-6-7-16(12-23)19(31)20-26-21-18(25)15(4)28-30(21)29-20/h8-9,11,16,28H,5-7,10,12H2,1-4H3,(H,27,32). The Balaban J connectivity index is 1.43. The van der Waals surface area contributed by atoms with Crippen molar-refractivity contribution in [2.24, 2.45) is 5.92 Å². The summed E-state index contributed by atoms with van der Waals surface area (Å²) >= 11 is 6.26. The highest BCUT2D eigenvalue weighted by Crippen LogP contribution is 2.50. The largest absolute Gasteiger partial charge is 0.475 e. The lowest BCUT2D eigenvalue weighted by Gasteiger charge is -2.60. The number of benzene rings is 1. The van der Waals surface area contributed by atoms with Crippen molar-refractivity contribution in [2.75, 3.05) is 0 Å². The Kier molecular flexibility index (Phi) is 5.04. The van der Waals surface area contributed by atoms with E-state index in [9.17, 15) is 9.59 Å². The van der Waals surface area contributed by atoms with Gasteiger partial charge in [-0.15, -0.1) is 5.10 Å². The van der Waals surface area contributed by atoms with Gasteiger partial charge in [0.2, 0.25) is 17.2 Å². The van der Waals surface area contributed by atoms with Crippen molar-refractivity contribution in [3.8, 4) is 5.75 Å². The number of hydrogen-bond donors (Lipinski definition) is 2. The Morgan fingerprint density at radius 2 is 2.12 bits per heavy atom. The molecule has 2 N–H and O–H groups in total. The van der Waals surface area contributed by atoms with Gasteiger partial charge in [-0.2, -0.15) is 4.63 Å². The lowest BCUT2D eigenvalue weighted by atomic mass is 9.59. The third-order valence-electron chi connectivity index (χ3n) is 7.35. The third kappa shape index (κ3) is 3.18. The van der Waals surface area contributed by atoms with Gasteiger partial charge in [0, 0.05) is 5.92 Å². The van der Waals surface area contributed by atoms with Gasteiger partial charge in [-0.3, -0.25) is 14.7 Å². The minimum atomic E-state index is -1.000. The summed E-state index contributed by atoms with van der Waals surface area (Å²) in [6.07, 6.45) is 3.31. The predicted octanol–water partition coefficient (Wildman–Crippen LogP) is 4.11. The maximum Gasteiger partial charge on any atom is 0.267 e. The molecule has 0 bridgehead atoms. The van der Waals surface area contributed by atoms with Gasteiger partial charge in [-0.05, 0) is 58.1 Å². The van der Waals surface area contributed by atoms with Gasteiger partial charge in [-0.25, -0.2) is 4.98 Å². The summed E-state index contributed by atoms with van der Waals surface area (Å²) in [5.41, 5.74) is 1.73. The summed E-state index contributed by atoms with van der Waals surface area (Å²) in [6.45, 7) is 7.81. The van der Waals surface area contributed by atoms with E-state index in [0.717, 1.165) is 36.1 Å². The quantitative estimate of drug-likeness (QED) is 0.432. The zero-order valence-corrected chi connectivity index (χ0v) is 20.0. The molecule has 174 valence electrons. The summed E-state index contributed by atoms with van der Waals surface area (Å²) in [5.74, 6) is 0.305. The molecule has 3 unspecified atom stereocenters. The number of ether oxygens (including phenoxy) is 1. The first-order valence-corrected chi connectivity index (χ1v) is 11.8. The highest BCUT2D eigenvalue weighted by molar-refractivity contribution is 6.34. The molecule has 0 radical (unpaired) electrons. The average molecular weight is 470 g/mol. The SMILES string of the molecule is CCC1(Oc2ccc(C)cc2C)C(=O)NC12CCCC(C(=O)c1nc3c(Cl)c(C)[nH]n3n1)C2. The van der Waals surface area contributed by atoms with Crippen LogP contribution in [0.1, 0.15) is 66.5 Å². The minimum Gasteiger partial charge on any atom is -0.475 e. The number of rotatable bonds is 5. The van der Waals surface area contributed by atoms with E-state index in [1.165, 1.54) is 4.63 Å². The molecule has 1 aliphatic heterocycles. The van der Waals surface area contributed by atoms with Crippen LogP contribution in [0.4, 0.5) is 0 Å². The maximum atomic E-state index is 13.4. The molecular formula is C24H28ClN5O3. The van der Waals surface area contributed by atoms with Crippen LogP contribution in [0.5, 0.6) is 5.75 Å². The van der Waals surface area contributed by atoms with Crippen molar-refractivity contribution >= 4 is 28.9 Å². The van der Waals surface area contributed by atoms with E-state index in [1.54, 1.807) is 0 Å². The van der Waals surface area contributed by atoms with Crippen molar-refractivity contribution in [2.45, 2.75) is 70.9 Å². The number of nitrogens with zero attached hydrogens (tertiary/aromatic N) is 3. The van der Waals surface area contributed by atoms with Crippen molar-refractivity contribution < 1.29 is 14.3 Å². The van der Waals surface area contributed by atoms with Crippen LogP contribution in [-0.2, 0) is 4.79 Å². The molecule has 1 saturated carbocycles. The van der Waals surface area contributed by atoms with Crippen LogP contribution in [0.15, 0.2) is 18.2 Å². The van der Waals surface area contributed by atoms with Crippen molar-refractivity contribution in [3.05, 3.63) is 45.9 Å². The number of H-pyrrole nitrogens is 1. The van der Waals surface area contributed by atoms with Gasteiger partial charge in [0.15, 0.2) is 5.65 Å². The van der Waals surface area contributed by atoms with Crippen LogP contribution in [0.25, 0.3) is 5.65 Å². The molecule has 1 aromatic carbocycles. The Morgan fingerprint density at radius 3 is 2.79 bits per heavy atom. The van der Waals surface area contributed by atoms with Gasteiger partial charge in [-0.1, -0.05) is 42.6 Å². The number of aromatic nitrogens is 4. The Labute approximate surface area is 197 Å². The van der Waals surface area contributed by atoms with E-state index in [1.807, 2.05) is 45.9 Å². The van der Waals surface area contributed by atoms with Crippen LogP contribution in [-0.4, -0.2) is 42.6 Å². The fourth-order valence-electron chi connectivity index (χ4n) is 5.56. The topological polar surface area (TPSA) is 101 Å². The molecule has 5 rings (SSSR count). The monoisotopic (exact) mass is 469 g/mol. The van der Waals surface area contributed by atoms with Crippen LogP contribution in [0.2, 0.25) is 5.02 Å². The molecule has 33 heavy (non-hydrogen) atoms. The summed E-state index contributed by atoms with van der Waals surface area (Å²) in [7, 11) is 0. The number of aryl methyl sites for hydroxylation is 3. The molecule has 1 saturated heterocycles. The van der Waals surface area contributed by atoms with Gasteiger partial charge in [0.25, 0.3) is 5.91 Å². The first-order valence-electron chi connectivity index (χ1n) is 11.4. The number of amides is 1. The van der Waals surface area contributed by atoms with Gasteiger partial charge >= 0.3 is 0 Å². The molecular weight excluding hydrogens is 442 g/mol. The number of fused-ring (bicyclic) bond motifs is 1. The number of nitrogens with one attached hydrogen (secondary N) is 2. The summed E-state index contributed by atoms with van der Waals surface area (Å²) in [4.78, 5) is 30.7. The van der Waals surface area contributed by atoms with E-state index >= 15 is 0 Å². The van der Waals surface area contributed by atoms with Crippen LogP contribution >= 0.6 is 11.6 Å². The molecule has 2 aliphatic rings. The number of carbonyl (C=O) groups excluding carboxylic acids is 2. The number of aromatic amines is 1. The fourth-order valence-corrected chi connectivity index (χ4v) is 5.73. The van der Waals surface area contributed by atoms with E-state index in [-0.39, 0.29) is 23.4 Å². The summed E-state index contributed by atoms with van der Waals surface area (Å²) in [6, 6.07) is 5.96. The smallest absolute Gasteiger partial charge is 0.267 e. The number of carbonyl (C=O) groups is 2. The molecule has 8 nitrogen and oxygen atoms in total. The highest BCUT2D eigenvalue weighted by atomic mass is 35.5. The van der Waals surface area contributed by atoms with Crippen LogP contribution < -0.4 is 10.1 Å². The number of hydrogen-bond acceptors (Lipinski definition) is 5. The molecule has 3 heterocycles. The molecule has 1 spiro atoms. The second-order valence-corrected chi connectivity index (χ2v) is 9.84. The van der Waals surface area contributed by atoms with Gasteiger partial charge in [0.05, 0.1) is 11.2 Å². The summed E-state index contributed by atoms with van der Waals surface area (Å²) in [5, 5.41) is 10.9. The fraction of sp³-hybridized carbons (Fsp3) is 0.500. The van der Waals surface area contributed by atoms with Crippen LogP contribution in [0.3, 0.4) is 0 Å². The molecule has 1 amide bonds. The van der Waals surface area contributed by atoms with E-state index in [0.29, 0.717) is 29.3 Å². The third-order valence-corrected chi connectivity index (χ3v) is 7.81. The maximum absolute atomic E-state index is 13.4. The molecule has 2 fully saturated rings. The van der Waals surface area contributed by atoms with Crippen molar-refractivity contribution in [1.29, 1.82) is 0 Å². The highest BCUT2D eigenvalue weighted by Gasteiger charge is 2.68. The number of β-lactam (4-membered cyclic amide) rings is 1. The Bertz CT molecular complexity index is 1280. The van der Waals surface area contributed by atoms with E-state index in [4.69, 9.17) is 16.3 Å². The predicted molar refractivity (Wildman–Crippen MR) is 124 cm³/mol. The van der Waals surface area contributed by atoms with E-state index in [2.05, 4.69) is 20.5 Å². The number of Topliss-reactive ketones (excluding diaryl/α,β-unsaturated/α-hetero) is 1. The molecule has 1 aliphatic carbocycles. The number of ketones is 1. The van der Waals surface area contributed by atoms with E-state index < -0.39 is 11.1 Å². The Morgan fingerprint density at radius 1 is 1.33 bits per heavy atom. The average Bonchev–Trinajstić information content (AvgIpc) is 3.31. The zero-order valence-electron chi connectivity index (χ0n) is 19.3. The lowest BCUT2D eigenvalue weighted by molar-refractivity contribution is -0.176. The minimum absolute atomic E-state index is 0.117. The normalized spacial score (nSPS) is 26.9. The number of halogens is 1. The molecule has 3 aromatic rings. The molecule has 9 heteroatoms. The molecule has 2 aromatic heterocycles. The lowest BCUT2D eigenvalue weighted by Crippen LogP contribution is -2.84.